The van der Waals surface area contributed by atoms with Gasteiger partial charge in [-0.15, -0.1) is 12.4 Å². The number of anilines is 2. The Morgan fingerprint density at radius 1 is 1.15 bits per heavy atom. The zero-order chi connectivity index (χ0) is 18.0. The van der Waals surface area contributed by atoms with Crippen LogP contribution in [0.15, 0.2) is 42.5 Å². The first-order valence-electron chi connectivity index (χ1n) is 7.88. The minimum absolute atomic E-state index is 0. The fourth-order valence-electron chi connectivity index (χ4n) is 2.77. The first kappa shape index (κ1) is 20.7. The smallest absolute Gasteiger partial charge is 0.206 e. The van der Waals surface area contributed by atoms with Gasteiger partial charge in [0.1, 0.15) is 17.3 Å². The zero-order valence-electron chi connectivity index (χ0n) is 14.1. The molecule has 0 spiro atoms. The summed E-state index contributed by atoms with van der Waals surface area (Å²) in [6, 6.07) is 9.50. The number of hydrogen-bond acceptors (Lipinski definition) is 5. The van der Waals surface area contributed by atoms with E-state index in [-0.39, 0.29) is 29.5 Å². The lowest BCUT2D eigenvalue weighted by Gasteiger charge is -2.51. The van der Waals surface area contributed by atoms with Gasteiger partial charge in [0.15, 0.2) is 5.75 Å². The Balaban J connectivity index is 0.00000243. The van der Waals surface area contributed by atoms with Crippen molar-refractivity contribution in [2.75, 3.05) is 17.9 Å². The Morgan fingerprint density at radius 2 is 1.88 bits per heavy atom. The standard InChI is InChI=1S/C17H20F2N2O3S.ClH/c1-20-10-4-7-17-24-16-11-12(18)8-9-15(16)21(25(17,22)23)14-6-3-2-5-13(14)19;/h2-3,5-6,8-9,11,17,20,22-23H,4,7,10H2,1H3;1H/t17-;/m1./s1. The van der Waals surface area contributed by atoms with Crippen LogP contribution in [-0.4, -0.2) is 28.1 Å². The molecule has 5 nitrogen and oxygen atoms in total. The van der Waals surface area contributed by atoms with Crippen LogP contribution in [0, 0.1) is 11.6 Å². The van der Waals surface area contributed by atoms with Gasteiger partial charge in [0.05, 0.1) is 5.69 Å². The van der Waals surface area contributed by atoms with Crippen molar-refractivity contribution < 1.29 is 22.6 Å². The van der Waals surface area contributed by atoms with Crippen molar-refractivity contribution >= 4 is 34.6 Å². The molecular weight excluding hydrogens is 386 g/mol. The van der Waals surface area contributed by atoms with E-state index < -0.39 is 27.8 Å². The number of nitrogens with zero attached hydrogens (tertiary/aromatic N) is 1. The number of rotatable bonds is 5. The fourth-order valence-corrected chi connectivity index (χ4v) is 4.60. The minimum atomic E-state index is -3.53. The summed E-state index contributed by atoms with van der Waals surface area (Å²) in [5.74, 6) is -0.961. The van der Waals surface area contributed by atoms with Gasteiger partial charge >= 0.3 is 0 Å². The van der Waals surface area contributed by atoms with Crippen molar-refractivity contribution in [3.63, 3.8) is 0 Å². The van der Waals surface area contributed by atoms with E-state index in [1.165, 1.54) is 36.4 Å². The minimum Gasteiger partial charge on any atom is -0.466 e. The molecule has 0 fully saturated rings. The summed E-state index contributed by atoms with van der Waals surface area (Å²) < 4.78 is 56.5. The quantitative estimate of drug-likeness (QED) is 0.616. The lowest BCUT2D eigenvalue weighted by atomic mass is 10.2. The lowest BCUT2D eigenvalue weighted by molar-refractivity contribution is 0.234. The van der Waals surface area contributed by atoms with Gasteiger partial charge in [-0.25, -0.2) is 13.1 Å². The average Bonchev–Trinajstić information content (AvgIpc) is 2.57. The predicted octanol–water partition coefficient (Wildman–Crippen LogP) is 4.91. The summed E-state index contributed by atoms with van der Waals surface area (Å²) in [5, 5.41) is 2.97. The number of benzene rings is 2. The predicted molar refractivity (Wildman–Crippen MR) is 103 cm³/mol. The Bertz CT molecular complexity index is 767. The molecule has 144 valence electrons. The van der Waals surface area contributed by atoms with Crippen LogP contribution >= 0.6 is 23.2 Å². The molecule has 1 aliphatic heterocycles. The van der Waals surface area contributed by atoms with Crippen LogP contribution in [0.3, 0.4) is 0 Å². The largest absolute Gasteiger partial charge is 0.466 e. The number of para-hydroxylation sites is 1. The SMILES string of the molecule is CNCCC[C@@H]1Oc2cc(F)ccc2N(c2ccccc2F)S1(O)O.Cl. The van der Waals surface area contributed by atoms with E-state index in [0.717, 1.165) is 4.31 Å². The fraction of sp³-hybridized carbons (Fsp3) is 0.294. The third-order valence-corrected chi connectivity index (χ3v) is 5.93. The highest BCUT2D eigenvalue weighted by atomic mass is 35.5. The summed E-state index contributed by atoms with van der Waals surface area (Å²) in [4.78, 5) is 0. The maximum absolute atomic E-state index is 14.3. The Labute approximate surface area is 158 Å². The van der Waals surface area contributed by atoms with E-state index in [0.29, 0.717) is 19.4 Å². The van der Waals surface area contributed by atoms with Crippen molar-refractivity contribution in [1.29, 1.82) is 0 Å². The summed E-state index contributed by atoms with van der Waals surface area (Å²) in [6.45, 7) is 0.658. The molecule has 3 rings (SSSR count). The summed E-state index contributed by atoms with van der Waals surface area (Å²) in [7, 11) is -1.74. The van der Waals surface area contributed by atoms with Gasteiger partial charge in [-0.3, -0.25) is 9.11 Å². The van der Waals surface area contributed by atoms with Gasteiger partial charge in [0, 0.05) is 12.5 Å². The second-order valence-electron chi connectivity index (χ2n) is 5.71. The van der Waals surface area contributed by atoms with Gasteiger partial charge in [0.25, 0.3) is 0 Å². The molecule has 1 heterocycles. The highest BCUT2D eigenvalue weighted by molar-refractivity contribution is 8.26. The van der Waals surface area contributed by atoms with Gasteiger partial charge in [0.2, 0.25) is 5.44 Å². The van der Waals surface area contributed by atoms with E-state index in [2.05, 4.69) is 5.32 Å². The Hall–Kier alpha value is -1.58. The third kappa shape index (κ3) is 3.89. The number of hydrogen-bond donors (Lipinski definition) is 3. The molecule has 0 saturated heterocycles. The number of halogens is 3. The monoisotopic (exact) mass is 406 g/mol. The normalized spacial score (nSPS) is 19.1. The maximum atomic E-state index is 14.3. The lowest BCUT2D eigenvalue weighted by Crippen LogP contribution is -2.39. The van der Waals surface area contributed by atoms with Crippen molar-refractivity contribution in [3.8, 4) is 5.75 Å². The van der Waals surface area contributed by atoms with Crippen LogP contribution in [0.5, 0.6) is 5.75 Å². The molecule has 0 unspecified atom stereocenters. The van der Waals surface area contributed by atoms with Crippen LogP contribution in [0.1, 0.15) is 12.8 Å². The molecule has 3 N–H and O–H groups in total. The van der Waals surface area contributed by atoms with Gasteiger partial charge in [-0.1, -0.05) is 22.9 Å². The molecule has 0 aliphatic carbocycles. The van der Waals surface area contributed by atoms with Crippen molar-refractivity contribution in [1.82, 2.24) is 5.32 Å². The van der Waals surface area contributed by atoms with Crippen LogP contribution in [0.4, 0.5) is 20.2 Å². The molecular formula is C17H21ClF2N2O3S. The van der Waals surface area contributed by atoms with Crippen molar-refractivity contribution in [2.24, 2.45) is 0 Å². The Morgan fingerprint density at radius 3 is 2.58 bits per heavy atom. The van der Waals surface area contributed by atoms with Crippen molar-refractivity contribution in [2.45, 2.75) is 18.3 Å². The maximum Gasteiger partial charge on any atom is 0.206 e. The van der Waals surface area contributed by atoms with Crippen LogP contribution in [0.2, 0.25) is 0 Å². The van der Waals surface area contributed by atoms with E-state index in [1.54, 1.807) is 13.1 Å². The molecule has 0 amide bonds. The number of nitrogens with one attached hydrogen (secondary N) is 1. The molecule has 2 aromatic rings. The van der Waals surface area contributed by atoms with Crippen LogP contribution in [0.25, 0.3) is 0 Å². The molecule has 1 atom stereocenters. The second-order valence-corrected chi connectivity index (χ2v) is 7.73. The van der Waals surface area contributed by atoms with E-state index in [9.17, 15) is 17.9 Å². The molecule has 0 radical (unpaired) electrons. The first-order valence-corrected chi connectivity index (χ1v) is 9.44. The molecule has 9 heteroatoms. The molecule has 0 aromatic heterocycles. The van der Waals surface area contributed by atoms with E-state index >= 15 is 0 Å². The van der Waals surface area contributed by atoms with Crippen LogP contribution in [-0.2, 0) is 0 Å². The summed E-state index contributed by atoms with van der Waals surface area (Å²) >= 11 is 0. The highest BCUT2D eigenvalue weighted by Crippen LogP contribution is 2.61. The first-order chi connectivity index (χ1) is 11.9. The number of fused-ring (bicyclic) bond motifs is 1. The highest BCUT2D eigenvalue weighted by Gasteiger charge is 2.42. The Kier molecular flexibility index (Phi) is 6.70. The molecule has 1 aliphatic rings. The topological polar surface area (TPSA) is 65.0 Å². The molecule has 0 bridgehead atoms. The molecule has 0 saturated carbocycles. The second kappa shape index (κ2) is 8.41. The third-order valence-electron chi connectivity index (χ3n) is 3.96. The van der Waals surface area contributed by atoms with Gasteiger partial charge in [-0.05, 0) is 44.3 Å². The van der Waals surface area contributed by atoms with E-state index in [1.807, 2.05) is 0 Å². The van der Waals surface area contributed by atoms with Gasteiger partial charge in [-0.2, -0.15) is 0 Å². The summed E-state index contributed by atoms with van der Waals surface area (Å²) in [6.07, 6.45) is 0.941. The summed E-state index contributed by atoms with van der Waals surface area (Å²) in [5.41, 5.74) is -0.761. The van der Waals surface area contributed by atoms with Crippen LogP contribution < -0.4 is 14.4 Å². The van der Waals surface area contributed by atoms with E-state index in [4.69, 9.17) is 4.74 Å². The zero-order valence-corrected chi connectivity index (χ0v) is 15.7. The number of ether oxygens (including phenoxy) is 1. The van der Waals surface area contributed by atoms with Crippen molar-refractivity contribution in [3.05, 3.63) is 54.1 Å². The molecule has 26 heavy (non-hydrogen) atoms. The van der Waals surface area contributed by atoms with Gasteiger partial charge < -0.3 is 10.1 Å². The molecule has 2 aromatic carbocycles. The average molecular weight is 407 g/mol.